The number of hydrogen-bond acceptors (Lipinski definition) is 8. The van der Waals surface area contributed by atoms with Crippen molar-refractivity contribution in [3.8, 4) is 0 Å². The lowest BCUT2D eigenvalue weighted by Gasteiger charge is -2.61. The Bertz CT molecular complexity index is 846. The van der Waals surface area contributed by atoms with Gasteiger partial charge in [0.15, 0.2) is 0 Å². The van der Waals surface area contributed by atoms with E-state index in [1.165, 1.54) is 10.1 Å². The lowest BCUT2D eigenvalue weighted by Crippen LogP contribution is -2.73. The standard InChI is InChI=1S/C30H48N4O8/c35-25-21-31(23-17-27(1-9-39-10-2-27)33(37)28(18-23)3-11-40-12-4-28)26(36)32(22-25)24-19-29(5-13-41-14-6-29)34(38)30(20-24)7-15-42-16-8-30/h23-25,35H,1-22H2. The van der Waals surface area contributed by atoms with Gasteiger partial charge < -0.3 is 33.9 Å². The summed E-state index contributed by atoms with van der Waals surface area (Å²) in [5.41, 5.74) is -2.28. The van der Waals surface area contributed by atoms with Crippen LogP contribution in [0.5, 0.6) is 0 Å². The summed E-state index contributed by atoms with van der Waals surface area (Å²) in [6.07, 6.45) is 6.92. The lowest BCUT2D eigenvalue weighted by atomic mass is 9.68. The molecule has 0 bridgehead atoms. The van der Waals surface area contributed by atoms with Crippen LogP contribution in [-0.2, 0) is 29.4 Å². The molecule has 0 atom stereocenters. The molecular weight excluding hydrogens is 544 g/mol. The number of piperidine rings is 2. The van der Waals surface area contributed by atoms with Gasteiger partial charge in [-0.3, -0.25) is 0 Å². The second-order valence-corrected chi connectivity index (χ2v) is 14.3. The van der Waals surface area contributed by atoms with Gasteiger partial charge in [-0.1, -0.05) is 0 Å². The van der Waals surface area contributed by atoms with Crippen LogP contribution in [0.15, 0.2) is 0 Å². The number of rotatable bonds is 2. The normalized spacial score (nSPS) is 37.1. The van der Waals surface area contributed by atoms with Crippen molar-refractivity contribution in [2.75, 3.05) is 65.9 Å². The Labute approximate surface area is 248 Å². The molecule has 42 heavy (non-hydrogen) atoms. The molecule has 2 radical (unpaired) electrons. The number of carbonyl (C=O) groups excluding carboxylic acids is 1. The maximum absolute atomic E-state index is 14.6. The van der Waals surface area contributed by atoms with Gasteiger partial charge in [0, 0.05) is 64.9 Å². The molecule has 4 spiro atoms. The van der Waals surface area contributed by atoms with Crippen LogP contribution in [0.4, 0.5) is 4.79 Å². The molecular formula is C30H48N4O8. The third-order valence-corrected chi connectivity index (χ3v) is 12.1. The van der Waals surface area contributed by atoms with Crippen molar-refractivity contribution in [3.05, 3.63) is 0 Å². The zero-order valence-corrected chi connectivity index (χ0v) is 24.9. The summed E-state index contributed by atoms with van der Waals surface area (Å²) >= 11 is 0. The number of carbonyl (C=O) groups is 1. The first-order valence-electron chi connectivity index (χ1n) is 16.3. The third kappa shape index (κ3) is 4.89. The Hall–Kier alpha value is -1.09. The zero-order valence-electron chi connectivity index (χ0n) is 24.9. The van der Waals surface area contributed by atoms with Gasteiger partial charge in [0.2, 0.25) is 0 Å². The van der Waals surface area contributed by atoms with E-state index in [0.717, 1.165) is 0 Å². The van der Waals surface area contributed by atoms with Gasteiger partial charge in [-0.05, 0) is 77.0 Å². The van der Waals surface area contributed by atoms with Crippen molar-refractivity contribution in [3.63, 3.8) is 0 Å². The molecule has 0 aromatic rings. The molecule has 0 aromatic heterocycles. The molecule has 7 fully saturated rings. The number of β-amino-alcohol motifs (C(OH)–C–C–N with tert-alkyl or cyclic N) is 1. The van der Waals surface area contributed by atoms with E-state index in [2.05, 4.69) is 0 Å². The van der Waals surface area contributed by atoms with E-state index in [4.69, 9.17) is 18.9 Å². The minimum absolute atomic E-state index is 0.0529. The van der Waals surface area contributed by atoms with Gasteiger partial charge >= 0.3 is 6.03 Å². The number of nitrogens with zero attached hydrogens (tertiary/aromatic N) is 4. The van der Waals surface area contributed by atoms with E-state index < -0.39 is 28.3 Å². The van der Waals surface area contributed by atoms with Crippen molar-refractivity contribution < 1.29 is 39.3 Å². The van der Waals surface area contributed by atoms with Crippen molar-refractivity contribution in [2.24, 2.45) is 0 Å². The first-order chi connectivity index (χ1) is 20.3. The molecule has 0 aromatic carbocycles. The van der Waals surface area contributed by atoms with Crippen LogP contribution in [0.3, 0.4) is 0 Å². The molecule has 1 N–H and O–H groups in total. The minimum atomic E-state index is -0.689. The summed E-state index contributed by atoms with van der Waals surface area (Å²) in [4.78, 5) is 18.4. The quantitative estimate of drug-likeness (QED) is 0.515. The van der Waals surface area contributed by atoms with Gasteiger partial charge in [-0.25, -0.2) is 4.79 Å². The van der Waals surface area contributed by atoms with Crippen molar-refractivity contribution in [1.29, 1.82) is 0 Å². The zero-order chi connectivity index (χ0) is 29.0. The van der Waals surface area contributed by atoms with Crippen molar-refractivity contribution in [1.82, 2.24) is 19.9 Å². The van der Waals surface area contributed by atoms with E-state index in [-0.39, 0.29) is 31.2 Å². The van der Waals surface area contributed by atoms with Crippen LogP contribution in [0, 0.1) is 0 Å². The number of aliphatic hydroxyl groups is 1. The number of hydroxylamine groups is 4. The molecule has 7 rings (SSSR count). The molecule has 12 nitrogen and oxygen atoms in total. The predicted molar refractivity (Wildman–Crippen MR) is 147 cm³/mol. The maximum atomic E-state index is 14.6. The molecule has 7 heterocycles. The highest BCUT2D eigenvalue weighted by molar-refractivity contribution is 5.76. The summed E-state index contributed by atoms with van der Waals surface area (Å²) in [5, 5.41) is 42.3. The Morgan fingerprint density at radius 1 is 0.524 bits per heavy atom. The minimum Gasteiger partial charge on any atom is -0.389 e. The van der Waals surface area contributed by atoms with Gasteiger partial charge in [0.25, 0.3) is 0 Å². The van der Waals surface area contributed by atoms with Gasteiger partial charge in [0.05, 0.1) is 41.3 Å². The average Bonchev–Trinajstić information content (AvgIpc) is 3.01. The highest BCUT2D eigenvalue weighted by atomic mass is 16.5. The van der Waals surface area contributed by atoms with Crippen LogP contribution in [0.2, 0.25) is 0 Å². The lowest BCUT2D eigenvalue weighted by molar-refractivity contribution is -0.336. The predicted octanol–water partition coefficient (Wildman–Crippen LogP) is 1.90. The fourth-order valence-electron chi connectivity index (χ4n) is 9.76. The van der Waals surface area contributed by atoms with Gasteiger partial charge in [0.1, 0.15) is 0 Å². The average molecular weight is 593 g/mol. The molecule has 0 aliphatic carbocycles. The smallest absolute Gasteiger partial charge is 0.320 e. The molecule has 7 aliphatic heterocycles. The topological polar surface area (TPSA) is 127 Å². The monoisotopic (exact) mass is 592 g/mol. The van der Waals surface area contributed by atoms with Crippen molar-refractivity contribution in [2.45, 2.75) is 117 Å². The van der Waals surface area contributed by atoms with Crippen LogP contribution >= 0.6 is 0 Å². The Kier molecular flexibility index (Phi) is 8.01. The van der Waals surface area contributed by atoms with E-state index in [0.29, 0.717) is 130 Å². The number of ether oxygens (including phenoxy) is 4. The Balaban J connectivity index is 1.19. The molecule has 0 unspecified atom stereocenters. The molecule has 7 saturated heterocycles. The summed E-state index contributed by atoms with van der Waals surface area (Å²) in [7, 11) is 0. The highest BCUT2D eigenvalue weighted by Gasteiger charge is 2.60. The number of urea groups is 1. The summed E-state index contributed by atoms with van der Waals surface area (Å²) in [5.74, 6) is 0. The molecule has 236 valence electrons. The Morgan fingerprint density at radius 2 is 0.786 bits per heavy atom. The van der Waals surface area contributed by atoms with Crippen LogP contribution in [0.25, 0.3) is 0 Å². The molecule has 2 amide bonds. The second-order valence-electron chi connectivity index (χ2n) is 14.3. The maximum Gasteiger partial charge on any atom is 0.320 e. The van der Waals surface area contributed by atoms with Gasteiger partial charge in [-0.15, -0.1) is 20.5 Å². The number of aliphatic hydroxyl groups excluding tert-OH is 1. The summed E-state index contributed by atoms with van der Waals surface area (Å²) in [6.45, 7) is 4.93. The highest BCUT2D eigenvalue weighted by Crippen LogP contribution is 2.51. The van der Waals surface area contributed by atoms with Crippen LogP contribution in [-0.4, -0.2) is 137 Å². The van der Waals surface area contributed by atoms with Gasteiger partial charge in [-0.2, -0.15) is 0 Å². The molecule has 12 heteroatoms. The van der Waals surface area contributed by atoms with E-state index >= 15 is 0 Å². The molecule has 0 saturated carbocycles. The van der Waals surface area contributed by atoms with E-state index in [1.54, 1.807) is 0 Å². The first kappa shape index (κ1) is 29.6. The first-order valence-corrected chi connectivity index (χ1v) is 16.3. The Morgan fingerprint density at radius 3 is 1.05 bits per heavy atom. The number of amides is 2. The van der Waals surface area contributed by atoms with E-state index in [1.807, 2.05) is 9.80 Å². The van der Waals surface area contributed by atoms with Crippen molar-refractivity contribution >= 4 is 6.03 Å². The molecule has 7 aliphatic rings. The fraction of sp³-hybridized carbons (Fsp3) is 0.967. The number of hydrogen-bond donors (Lipinski definition) is 1. The largest absolute Gasteiger partial charge is 0.389 e. The summed E-state index contributed by atoms with van der Waals surface area (Å²) in [6, 6.07) is -0.349. The SMILES string of the molecule is [O]N1C2(CCOCC2)CC(N2CC(O)CN(C3CC4(CCOCC4)N([O])C4(CCOCC4)C3)C2=O)CC12CCOCC2. The van der Waals surface area contributed by atoms with Crippen LogP contribution < -0.4 is 0 Å². The summed E-state index contributed by atoms with van der Waals surface area (Å²) < 4.78 is 22.8. The van der Waals surface area contributed by atoms with E-state index in [9.17, 15) is 20.3 Å². The third-order valence-electron chi connectivity index (χ3n) is 12.1. The fourth-order valence-corrected chi connectivity index (χ4v) is 9.76. The second kappa shape index (κ2) is 11.4. The van der Waals surface area contributed by atoms with Crippen LogP contribution in [0.1, 0.15) is 77.0 Å².